The van der Waals surface area contributed by atoms with Crippen LogP contribution >= 0.6 is 24.0 Å². The van der Waals surface area contributed by atoms with Crippen LogP contribution in [0.3, 0.4) is 0 Å². The molecular formula is C29H21F3N2O4S2. The molecule has 1 aliphatic heterocycles. The standard InChI is InChI=1S/C29H21F3N2O4S2/c1-38-24-7-4-17(12-21(24)20-14-19-8-10-33-23(19)15-22(20)29(30,31)32)13-25-26(35)34(28(39)40-25)11-9-16-2-5-18(6-3-16)27(36)37/h2-8,10,12-15,33H,9,11H2,1H3,(H,36,37)/b25-13-. The Morgan fingerprint density at radius 2 is 1.85 bits per heavy atom. The molecule has 2 N–H and O–H groups in total. The molecule has 1 amide bonds. The van der Waals surface area contributed by atoms with E-state index in [0.29, 0.717) is 38.7 Å². The van der Waals surface area contributed by atoms with Crippen molar-refractivity contribution in [1.29, 1.82) is 0 Å². The van der Waals surface area contributed by atoms with E-state index in [2.05, 4.69) is 4.98 Å². The zero-order valence-corrected chi connectivity index (χ0v) is 22.5. The van der Waals surface area contributed by atoms with Crippen LogP contribution < -0.4 is 4.74 Å². The second kappa shape index (κ2) is 10.8. The number of fused-ring (bicyclic) bond motifs is 1. The molecule has 40 heavy (non-hydrogen) atoms. The highest BCUT2D eigenvalue weighted by atomic mass is 32.2. The maximum Gasteiger partial charge on any atom is 0.417 e. The van der Waals surface area contributed by atoms with E-state index in [1.807, 2.05) is 0 Å². The number of carboxylic acids is 1. The van der Waals surface area contributed by atoms with Crippen LogP contribution in [0.4, 0.5) is 13.2 Å². The molecule has 0 spiro atoms. The summed E-state index contributed by atoms with van der Waals surface area (Å²) in [6.07, 6.45) is -0.957. The van der Waals surface area contributed by atoms with Gasteiger partial charge in [0.2, 0.25) is 0 Å². The van der Waals surface area contributed by atoms with Gasteiger partial charge in [-0.2, -0.15) is 13.2 Å². The number of hydrogen-bond acceptors (Lipinski definition) is 5. The molecule has 11 heteroatoms. The summed E-state index contributed by atoms with van der Waals surface area (Å²) < 4.78 is 47.9. The number of benzene rings is 3. The maximum atomic E-state index is 14.1. The van der Waals surface area contributed by atoms with Crippen LogP contribution in [0, 0.1) is 0 Å². The van der Waals surface area contributed by atoms with Crippen molar-refractivity contribution in [3.05, 3.63) is 94.0 Å². The van der Waals surface area contributed by atoms with Gasteiger partial charge in [-0.05, 0) is 77.0 Å². The number of carbonyl (C=O) groups excluding carboxylic acids is 1. The van der Waals surface area contributed by atoms with Gasteiger partial charge in [-0.3, -0.25) is 9.69 Å². The van der Waals surface area contributed by atoms with Gasteiger partial charge in [-0.15, -0.1) is 0 Å². The van der Waals surface area contributed by atoms with Crippen LogP contribution in [-0.4, -0.2) is 44.8 Å². The Kier molecular flexibility index (Phi) is 7.43. The van der Waals surface area contributed by atoms with Gasteiger partial charge in [0.15, 0.2) is 0 Å². The first kappa shape index (κ1) is 27.5. The summed E-state index contributed by atoms with van der Waals surface area (Å²) in [6, 6.07) is 15.4. The summed E-state index contributed by atoms with van der Waals surface area (Å²) >= 11 is 6.54. The normalized spacial score (nSPS) is 14.9. The third-order valence-electron chi connectivity index (χ3n) is 6.51. The molecule has 1 aliphatic rings. The third kappa shape index (κ3) is 5.47. The molecule has 0 bridgehead atoms. The van der Waals surface area contributed by atoms with Gasteiger partial charge >= 0.3 is 12.1 Å². The average Bonchev–Trinajstić information content (AvgIpc) is 3.49. The second-order valence-electron chi connectivity index (χ2n) is 9.01. The Hall–Kier alpha value is -4.09. The number of aromatic amines is 1. The van der Waals surface area contributed by atoms with Crippen LogP contribution in [-0.2, 0) is 17.4 Å². The average molecular weight is 583 g/mol. The number of nitrogens with one attached hydrogen (secondary N) is 1. The lowest BCUT2D eigenvalue weighted by molar-refractivity contribution is -0.137. The van der Waals surface area contributed by atoms with E-state index in [1.165, 1.54) is 30.2 Å². The summed E-state index contributed by atoms with van der Waals surface area (Å²) in [5.41, 5.74) is 1.31. The van der Waals surface area contributed by atoms with Crippen molar-refractivity contribution >= 4 is 57.2 Å². The number of hydrogen-bond donors (Lipinski definition) is 2. The Bertz CT molecular complexity index is 1680. The van der Waals surface area contributed by atoms with Crippen molar-refractivity contribution in [2.24, 2.45) is 0 Å². The highest BCUT2D eigenvalue weighted by Crippen LogP contribution is 2.43. The maximum absolute atomic E-state index is 14.1. The number of amides is 1. The highest BCUT2D eigenvalue weighted by Gasteiger charge is 2.35. The minimum absolute atomic E-state index is 0.0341. The monoisotopic (exact) mass is 582 g/mol. The fourth-order valence-electron chi connectivity index (χ4n) is 4.48. The number of carboxylic acid groups (broad SMARTS) is 1. The van der Waals surface area contributed by atoms with Crippen molar-refractivity contribution in [3.8, 4) is 16.9 Å². The molecule has 0 aliphatic carbocycles. The number of thiocarbonyl (C=S) groups is 1. The quantitative estimate of drug-likeness (QED) is 0.180. The zero-order valence-electron chi connectivity index (χ0n) is 20.9. The van der Waals surface area contributed by atoms with E-state index < -0.39 is 17.7 Å². The Morgan fingerprint density at radius 1 is 1.10 bits per heavy atom. The summed E-state index contributed by atoms with van der Waals surface area (Å²) in [5, 5.41) is 9.67. The van der Waals surface area contributed by atoms with Gasteiger partial charge in [-0.25, -0.2) is 4.79 Å². The Morgan fingerprint density at radius 3 is 2.52 bits per heavy atom. The fraction of sp³-hybridized carbons (Fsp3) is 0.138. The molecule has 1 aromatic heterocycles. The molecule has 0 unspecified atom stereocenters. The molecular weight excluding hydrogens is 561 g/mol. The predicted octanol–water partition coefficient (Wildman–Crippen LogP) is 7.00. The van der Waals surface area contributed by atoms with E-state index in [9.17, 15) is 22.8 Å². The lowest BCUT2D eigenvalue weighted by Gasteiger charge is -2.16. The lowest BCUT2D eigenvalue weighted by atomic mass is 9.95. The highest BCUT2D eigenvalue weighted by molar-refractivity contribution is 8.26. The number of aromatic nitrogens is 1. The van der Waals surface area contributed by atoms with Crippen LogP contribution in [0.1, 0.15) is 27.0 Å². The molecule has 4 aromatic rings. The number of nitrogens with zero attached hydrogens (tertiary/aromatic N) is 1. The SMILES string of the molecule is COc1ccc(/C=C2\SC(=S)N(CCc3ccc(C(=O)O)cc3)C2=O)cc1-c1cc2cc[nH]c2cc1C(F)(F)F. The third-order valence-corrected chi connectivity index (χ3v) is 7.88. The number of carbonyl (C=O) groups is 2. The first-order valence-corrected chi connectivity index (χ1v) is 13.2. The second-order valence-corrected chi connectivity index (χ2v) is 10.7. The summed E-state index contributed by atoms with van der Waals surface area (Å²) in [7, 11) is 1.39. The van der Waals surface area contributed by atoms with E-state index in [-0.39, 0.29) is 28.3 Å². The van der Waals surface area contributed by atoms with E-state index in [0.717, 1.165) is 23.4 Å². The summed E-state index contributed by atoms with van der Waals surface area (Å²) in [4.78, 5) is 28.8. The Labute approximate surface area is 236 Å². The van der Waals surface area contributed by atoms with Crippen LogP contribution in [0.15, 0.2) is 71.8 Å². The predicted molar refractivity (Wildman–Crippen MR) is 152 cm³/mol. The van der Waals surface area contributed by atoms with Gasteiger partial charge in [0.05, 0.1) is 23.1 Å². The van der Waals surface area contributed by atoms with Gasteiger partial charge in [-0.1, -0.05) is 42.2 Å². The molecule has 5 rings (SSSR count). The Balaban J connectivity index is 1.43. The van der Waals surface area contributed by atoms with Crippen molar-refractivity contribution in [1.82, 2.24) is 9.88 Å². The largest absolute Gasteiger partial charge is 0.496 e. The smallest absolute Gasteiger partial charge is 0.417 e. The molecule has 6 nitrogen and oxygen atoms in total. The molecule has 2 heterocycles. The first-order chi connectivity index (χ1) is 19.0. The van der Waals surface area contributed by atoms with Gasteiger partial charge in [0.25, 0.3) is 5.91 Å². The van der Waals surface area contributed by atoms with Crippen molar-refractivity contribution in [2.75, 3.05) is 13.7 Å². The minimum Gasteiger partial charge on any atom is -0.496 e. The van der Waals surface area contributed by atoms with Crippen molar-refractivity contribution in [3.63, 3.8) is 0 Å². The van der Waals surface area contributed by atoms with E-state index in [1.54, 1.807) is 48.7 Å². The molecule has 0 atom stereocenters. The number of methoxy groups -OCH3 is 1. The molecule has 0 radical (unpaired) electrons. The molecule has 204 valence electrons. The molecule has 1 saturated heterocycles. The van der Waals surface area contributed by atoms with Crippen molar-refractivity contribution in [2.45, 2.75) is 12.6 Å². The lowest BCUT2D eigenvalue weighted by Crippen LogP contribution is -2.30. The molecule has 0 saturated carbocycles. The summed E-state index contributed by atoms with van der Waals surface area (Å²) in [6.45, 7) is 0.300. The first-order valence-electron chi connectivity index (χ1n) is 12.0. The number of rotatable bonds is 7. The zero-order chi connectivity index (χ0) is 28.6. The molecule has 3 aromatic carbocycles. The number of ether oxygens (including phenoxy) is 1. The number of H-pyrrole nitrogens is 1. The van der Waals surface area contributed by atoms with E-state index >= 15 is 0 Å². The number of thioether (sulfide) groups is 1. The minimum atomic E-state index is -4.61. The van der Waals surface area contributed by atoms with Crippen molar-refractivity contribution < 1.29 is 32.6 Å². The number of alkyl halides is 3. The van der Waals surface area contributed by atoms with Crippen LogP contribution in [0.25, 0.3) is 28.1 Å². The van der Waals surface area contributed by atoms with Gasteiger partial charge < -0.3 is 14.8 Å². The van der Waals surface area contributed by atoms with Crippen LogP contribution in [0.2, 0.25) is 0 Å². The fourth-order valence-corrected chi connectivity index (χ4v) is 5.79. The number of aromatic carboxylic acids is 1. The van der Waals surface area contributed by atoms with E-state index in [4.69, 9.17) is 22.1 Å². The van der Waals surface area contributed by atoms with Gasteiger partial charge in [0, 0.05) is 23.8 Å². The summed E-state index contributed by atoms with van der Waals surface area (Å²) in [5.74, 6) is -1.06. The van der Waals surface area contributed by atoms with Gasteiger partial charge in [0.1, 0.15) is 10.1 Å². The topological polar surface area (TPSA) is 82.6 Å². The van der Waals surface area contributed by atoms with Crippen LogP contribution in [0.5, 0.6) is 5.75 Å². The number of halogens is 3. The molecule has 1 fully saturated rings.